The van der Waals surface area contributed by atoms with Crippen molar-refractivity contribution in [2.24, 2.45) is 0 Å². The first-order chi connectivity index (χ1) is 13.8. The standard InChI is InChI=1S/C23H27N5/c1-2-27(18-19-8-4-3-5-9-19)22-14-15-24-23(26-22)25-20-10-12-21(13-11-20)28-16-6-7-17-28/h3-5,8-15H,2,6-7,16-18H2,1H3,(H,24,25,26). The molecule has 1 fully saturated rings. The van der Waals surface area contributed by atoms with Crippen molar-refractivity contribution in [3.63, 3.8) is 0 Å². The van der Waals surface area contributed by atoms with Crippen LogP contribution in [0.3, 0.4) is 0 Å². The molecule has 0 aliphatic carbocycles. The maximum atomic E-state index is 4.73. The number of hydrogen-bond donors (Lipinski definition) is 1. The lowest BCUT2D eigenvalue weighted by Crippen LogP contribution is -2.23. The van der Waals surface area contributed by atoms with E-state index in [1.807, 2.05) is 18.3 Å². The van der Waals surface area contributed by atoms with E-state index in [1.54, 1.807) is 0 Å². The number of anilines is 4. The van der Waals surface area contributed by atoms with Crippen LogP contribution in [0.4, 0.5) is 23.1 Å². The summed E-state index contributed by atoms with van der Waals surface area (Å²) in [6.45, 7) is 6.18. The molecule has 4 rings (SSSR count). The minimum absolute atomic E-state index is 0.623. The molecular formula is C23H27N5. The summed E-state index contributed by atoms with van der Waals surface area (Å²) in [5.41, 5.74) is 3.57. The van der Waals surface area contributed by atoms with E-state index >= 15 is 0 Å². The molecule has 1 aromatic heterocycles. The lowest BCUT2D eigenvalue weighted by Gasteiger charge is -2.22. The second-order valence-corrected chi connectivity index (χ2v) is 7.10. The van der Waals surface area contributed by atoms with Gasteiger partial charge in [-0.05, 0) is 55.7 Å². The van der Waals surface area contributed by atoms with Crippen molar-refractivity contribution in [1.82, 2.24) is 9.97 Å². The number of hydrogen-bond acceptors (Lipinski definition) is 5. The highest BCUT2D eigenvalue weighted by Crippen LogP contribution is 2.24. The number of rotatable bonds is 7. The first kappa shape index (κ1) is 18.3. The van der Waals surface area contributed by atoms with Gasteiger partial charge in [0.1, 0.15) is 5.82 Å². The molecule has 1 aliphatic rings. The molecule has 28 heavy (non-hydrogen) atoms. The van der Waals surface area contributed by atoms with Crippen LogP contribution in [0.15, 0.2) is 66.9 Å². The first-order valence-electron chi connectivity index (χ1n) is 10.1. The van der Waals surface area contributed by atoms with Gasteiger partial charge in [-0.15, -0.1) is 0 Å². The van der Waals surface area contributed by atoms with Crippen molar-refractivity contribution in [3.8, 4) is 0 Å². The number of nitrogens with one attached hydrogen (secondary N) is 1. The largest absolute Gasteiger partial charge is 0.372 e. The molecule has 5 nitrogen and oxygen atoms in total. The van der Waals surface area contributed by atoms with Gasteiger partial charge < -0.3 is 15.1 Å². The molecular weight excluding hydrogens is 346 g/mol. The van der Waals surface area contributed by atoms with Crippen LogP contribution in [0.2, 0.25) is 0 Å². The Bertz CT molecular complexity index is 873. The van der Waals surface area contributed by atoms with Gasteiger partial charge in [0.2, 0.25) is 5.95 Å². The van der Waals surface area contributed by atoms with E-state index in [-0.39, 0.29) is 0 Å². The highest BCUT2D eigenvalue weighted by molar-refractivity contribution is 5.60. The van der Waals surface area contributed by atoms with Gasteiger partial charge in [0.05, 0.1) is 0 Å². The smallest absolute Gasteiger partial charge is 0.229 e. The summed E-state index contributed by atoms with van der Waals surface area (Å²) >= 11 is 0. The lowest BCUT2D eigenvalue weighted by molar-refractivity contribution is 0.811. The minimum atomic E-state index is 0.623. The Morgan fingerprint density at radius 3 is 2.43 bits per heavy atom. The van der Waals surface area contributed by atoms with Gasteiger partial charge in [0, 0.05) is 43.8 Å². The molecule has 1 saturated heterocycles. The topological polar surface area (TPSA) is 44.3 Å². The van der Waals surface area contributed by atoms with Crippen molar-refractivity contribution in [3.05, 3.63) is 72.4 Å². The zero-order chi connectivity index (χ0) is 19.2. The minimum Gasteiger partial charge on any atom is -0.372 e. The number of aromatic nitrogens is 2. The average molecular weight is 374 g/mol. The first-order valence-corrected chi connectivity index (χ1v) is 10.1. The van der Waals surface area contributed by atoms with Gasteiger partial charge in [-0.1, -0.05) is 30.3 Å². The normalized spacial score (nSPS) is 13.5. The summed E-state index contributed by atoms with van der Waals surface area (Å²) in [4.78, 5) is 13.8. The van der Waals surface area contributed by atoms with Gasteiger partial charge in [-0.25, -0.2) is 4.98 Å². The van der Waals surface area contributed by atoms with Crippen LogP contribution in [0.1, 0.15) is 25.3 Å². The summed E-state index contributed by atoms with van der Waals surface area (Å²) in [6.07, 6.45) is 4.39. The molecule has 144 valence electrons. The molecule has 0 amide bonds. The Kier molecular flexibility index (Phi) is 5.71. The summed E-state index contributed by atoms with van der Waals surface area (Å²) in [7, 11) is 0. The van der Waals surface area contributed by atoms with Crippen LogP contribution < -0.4 is 15.1 Å². The van der Waals surface area contributed by atoms with E-state index in [1.165, 1.54) is 24.1 Å². The summed E-state index contributed by atoms with van der Waals surface area (Å²) in [5.74, 6) is 1.55. The molecule has 5 heteroatoms. The fourth-order valence-corrected chi connectivity index (χ4v) is 3.60. The molecule has 2 aromatic carbocycles. The van der Waals surface area contributed by atoms with E-state index in [9.17, 15) is 0 Å². The second kappa shape index (κ2) is 8.74. The lowest BCUT2D eigenvalue weighted by atomic mass is 10.2. The summed E-state index contributed by atoms with van der Waals surface area (Å²) in [5, 5.41) is 3.34. The maximum Gasteiger partial charge on any atom is 0.229 e. The number of nitrogens with zero attached hydrogens (tertiary/aromatic N) is 4. The SMILES string of the molecule is CCN(Cc1ccccc1)c1ccnc(Nc2ccc(N3CCCC3)cc2)n1. The molecule has 1 aliphatic heterocycles. The summed E-state index contributed by atoms with van der Waals surface area (Å²) < 4.78 is 0. The Hall–Kier alpha value is -3.08. The van der Waals surface area contributed by atoms with E-state index < -0.39 is 0 Å². The third-order valence-corrected chi connectivity index (χ3v) is 5.16. The van der Waals surface area contributed by atoms with E-state index in [4.69, 9.17) is 4.98 Å². The van der Waals surface area contributed by atoms with Crippen LogP contribution in [0.25, 0.3) is 0 Å². The van der Waals surface area contributed by atoms with Crippen LogP contribution >= 0.6 is 0 Å². The predicted octanol–water partition coefficient (Wildman–Crippen LogP) is 4.85. The Morgan fingerprint density at radius 1 is 0.964 bits per heavy atom. The molecule has 0 bridgehead atoms. The van der Waals surface area contributed by atoms with Gasteiger partial charge in [-0.3, -0.25) is 0 Å². The predicted molar refractivity (Wildman–Crippen MR) is 116 cm³/mol. The molecule has 0 atom stereocenters. The van der Waals surface area contributed by atoms with E-state index in [0.29, 0.717) is 5.95 Å². The van der Waals surface area contributed by atoms with Gasteiger partial charge in [0.15, 0.2) is 0 Å². The molecule has 0 spiro atoms. The van der Waals surface area contributed by atoms with Crippen molar-refractivity contribution in [1.29, 1.82) is 0 Å². The van der Waals surface area contributed by atoms with Gasteiger partial charge >= 0.3 is 0 Å². The van der Waals surface area contributed by atoms with Crippen LogP contribution in [0, 0.1) is 0 Å². The highest BCUT2D eigenvalue weighted by Gasteiger charge is 2.12. The van der Waals surface area contributed by atoms with Gasteiger partial charge in [0.25, 0.3) is 0 Å². The third kappa shape index (κ3) is 4.42. The van der Waals surface area contributed by atoms with Crippen molar-refractivity contribution in [2.45, 2.75) is 26.3 Å². The van der Waals surface area contributed by atoms with Crippen molar-refractivity contribution < 1.29 is 0 Å². The molecule has 3 aromatic rings. The van der Waals surface area contributed by atoms with Crippen LogP contribution in [0.5, 0.6) is 0 Å². The third-order valence-electron chi connectivity index (χ3n) is 5.16. The van der Waals surface area contributed by atoms with Crippen molar-refractivity contribution >= 4 is 23.1 Å². The fraction of sp³-hybridized carbons (Fsp3) is 0.304. The molecule has 1 N–H and O–H groups in total. The molecule has 2 heterocycles. The second-order valence-electron chi connectivity index (χ2n) is 7.10. The Morgan fingerprint density at radius 2 is 1.71 bits per heavy atom. The van der Waals surface area contributed by atoms with Crippen LogP contribution in [-0.2, 0) is 6.54 Å². The zero-order valence-corrected chi connectivity index (χ0v) is 16.4. The zero-order valence-electron chi connectivity index (χ0n) is 16.4. The Balaban J connectivity index is 1.45. The monoisotopic (exact) mass is 373 g/mol. The highest BCUT2D eigenvalue weighted by atomic mass is 15.2. The Labute approximate surface area is 167 Å². The van der Waals surface area contributed by atoms with Crippen molar-refractivity contribution in [2.75, 3.05) is 34.8 Å². The molecule has 0 unspecified atom stereocenters. The fourth-order valence-electron chi connectivity index (χ4n) is 3.60. The van der Waals surface area contributed by atoms with E-state index in [2.05, 4.69) is 75.6 Å². The summed E-state index contributed by atoms with van der Waals surface area (Å²) in [6, 6.07) is 21.0. The number of benzene rings is 2. The van der Waals surface area contributed by atoms with Crippen LogP contribution in [-0.4, -0.2) is 29.6 Å². The average Bonchev–Trinajstić information content (AvgIpc) is 3.28. The quantitative estimate of drug-likeness (QED) is 0.641. The molecule has 0 saturated carbocycles. The molecule has 0 radical (unpaired) electrons. The van der Waals surface area contributed by atoms with Gasteiger partial charge in [-0.2, -0.15) is 4.98 Å². The van der Waals surface area contributed by atoms with E-state index in [0.717, 1.165) is 37.7 Å². The maximum absolute atomic E-state index is 4.73.